The summed E-state index contributed by atoms with van der Waals surface area (Å²) in [6.45, 7) is 2.29. The highest BCUT2D eigenvalue weighted by Crippen LogP contribution is 2.32. The van der Waals surface area contributed by atoms with Crippen molar-refractivity contribution in [2.75, 3.05) is 12.4 Å². The van der Waals surface area contributed by atoms with Crippen LogP contribution in [0.25, 0.3) is 0 Å². The molecule has 0 aromatic carbocycles. The number of ketones is 1. The third-order valence-corrected chi connectivity index (χ3v) is 3.97. The fraction of sp³-hybridized carbons (Fsp3) is 0.889. The standard InChI is InChI=1S/C9H16O2S/c1-7-8(11)3-4-9(7)12-6-2-5-10/h7,9-10H,2-6H2,1H3. The molecule has 2 unspecified atom stereocenters. The van der Waals surface area contributed by atoms with E-state index in [4.69, 9.17) is 5.11 Å². The zero-order chi connectivity index (χ0) is 8.97. The third kappa shape index (κ3) is 2.49. The van der Waals surface area contributed by atoms with Crippen LogP contribution in [0.4, 0.5) is 0 Å². The third-order valence-electron chi connectivity index (χ3n) is 2.38. The first kappa shape index (κ1) is 10.1. The van der Waals surface area contributed by atoms with Crippen LogP contribution in [0.2, 0.25) is 0 Å². The highest BCUT2D eigenvalue weighted by molar-refractivity contribution is 7.99. The average Bonchev–Trinajstić information content (AvgIpc) is 2.36. The maximum Gasteiger partial charge on any atom is 0.136 e. The van der Waals surface area contributed by atoms with E-state index < -0.39 is 0 Å². The van der Waals surface area contributed by atoms with Crippen LogP contribution in [0.3, 0.4) is 0 Å². The number of thioether (sulfide) groups is 1. The van der Waals surface area contributed by atoms with Crippen molar-refractivity contribution in [2.45, 2.75) is 31.4 Å². The molecule has 1 rings (SSSR count). The van der Waals surface area contributed by atoms with Gasteiger partial charge in [-0.1, -0.05) is 6.92 Å². The number of aliphatic hydroxyl groups is 1. The van der Waals surface area contributed by atoms with Gasteiger partial charge >= 0.3 is 0 Å². The molecule has 70 valence electrons. The van der Waals surface area contributed by atoms with Gasteiger partial charge in [-0.3, -0.25) is 4.79 Å². The SMILES string of the molecule is CC1C(=O)CCC1SCCCO. The highest BCUT2D eigenvalue weighted by atomic mass is 32.2. The van der Waals surface area contributed by atoms with Gasteiger partial charge in [-0.05, 0) is 18.6 Å². The summed E-state index contributed by atoms with van der Waals surface area (Å²) in [5, 5.41) is 9.10. The molecular formula is C9H16O2S. The molecule has 0 saturated heterocycles. The van der Waals surface area contributed by atoms with E-state index in [2.05, 4.69) is 0 Å². The molecule has 0 aromatic rings. The zero-order valence-electron chi connectivity index (χ0n) is 7.45. The van der Waals surface area contributed by atoms with Crippen molar-refractivity contribution in [2.24, 2.45) is 5.92 Å². The van der Waals surface area contributed by atoms with Gasteiger partial charge in [0.15, 0.2) is 0 Å². The molecule has 0 aliphatic heterocycles. The summed E-state index contributed by atoms with van der Waals surface area (Å²) in [7, 11) is 0. The van der Waals surface area contributed by atoms with Gasteiger partial charge in [0.1, 0.15) is 5.78 Å². The molecule has 12 heavy (non-hydrogen) atoms. The summed E-state index contributed by atoms with van der Waals surface area (Å²) in [5.74, 6) is 1.64. The largest absolute Gasteiger partial charge is 0.396 e. The Bertz CT molecular complexity index is 159. The second kappa shape index (κ2) is 4.87. The second-order valence-corrected chi connectivity index (χ2v) is 4.63. The van der Waals surface area contributed by atoms with Gasteiger partial charge in [-0.25, -0.2) is 0 Å². The van der Waals surface area contributed by atoms with Crippen molar-refractivity contribution in [1.82, 2.24) is 0 Å². The fourth-order valence-corrected chi connectivity index (χ4v) is 2.82. The molecule has 1 aliphatic rings. The topological polar surface area (TPSA) is 37.3 Å². The van der Waals surface area contributed by atoms with Crippen LogP contribution >= 0.6 is 11.8 Å². The Morgan fingerprint density at radius 3 is 2.92 bits per heavy atom. The zero-order valence-corrected chi connectivity index (χ0v) is 8.27. The van der Waals surface area contributed by atoms with Crippen LogP contribution in [0.5, 0.6) is 0 Å². The summed E-state index contributed by atoms with van der Waals surface area (Å²) in [6.07, 6.45) is 2.65. The molecule has 0 heterocycles. The molecular weight excluding hydrogens is 172 g/mol. The maximum absolute atomic E-state index is 11.2. The molecule has 0 radical (unpaired) electrons. The average molecular weight is 188 g/mol. The van der Waals surface area contributed by atoms with Crippen molar-refractivity contribution < 1.29 is 9.90 Å². The van der Waals surface area contributed by atoms with E-state index in [-0.39, 0.29) is 12.5 Å². The van der Waals surface area contributed by atoms with Crippen molar-refractivity contribution in [3.05, 3.63) is 0 Å². The van der Waals surface area contributed by atoms with Crippen LogP contribution < -0.4 is 0 Å². The van der Waals surface area contributed by atoms with E-state index in [0.29, 0.717) is 11.0 Å². The Hall–Kier alpha value is -0.0200. The quantitative estimate of drug-likeness (QED) is 0.679. The molecule has 1 N–H and O–H groups in total. The van der Waals surface area contributed by atoms with Crippen LogP contribution in [0.15, 0.2) is 0 Å². The van der Waals surface area contributed by atoms with Crippen molar-refractivity contribution in [1.29, 1.82) is 0 Å². The minimum atomic E-state index is 0.244. The predicted octanol–water partition coefficient (Wildman–Crippen LogP) is 1.47. The lowest BCUT2D eigenvalue weighted by Gasteiger charge is -2.12. The van der Waals surface area contributed by atoms with Gasteiger partial charge in [0, 0.05) is 24.2 Å². The van der Waals surface area contributed by atoms with Gasteiger partial charge in [-0.15, -0.1) is 0 Å². The first-order valence-electron chi connectivity index (χ1n) is 4.51. The Kier molecular flexibility index (Phi) is 4.09. The monoisotopic (exact) mass is 188 g/mol. The Balaban J connectivity index is 2.20. The second-order valence-electron chi connectivity index (χ2n) is 3.28. The minimum Gasteiger partial charge on any atom is -0.396 e. The number of aliphatic hydroxyl groups excluding tert-OH is 1. The maximum atomic E-state index is 11.2. The van der Waals surface area contributed by atoms with Gasteiger partial charge in [0.2, 0.25) is 0 Å². The highest BCUT2D eigenvalue weighted by Gasteiger charge is 2.30. The van der Waals surface area contributed by atoms with Gasteiger partial charge in [-0.2, -0.15) is 11.8 Å². The Morgan fingerprint density at radius 1 is 1.67 bits per heavy atom. The molecule has 0 aromatic heterocycles. The summed E-state index contributed by atoms with van der Waals surface area (Å²) in [4.78, 5) is 11.2. The van der Waals surface area contributed by atoms with Crippen LogP contribution in [0, 0.1) is 5.92 Å². The van der Waals surface area contributed by atoms with Crippen LogP contribution in [-0.2, 0) is 4.79 Å². The lowest BCUT2D eigenvalue weighted by atomic mass is 10.1. The van der Waals surface area contributed by atoms with Gasteiger partial charge < -0.3 is 5.11 Å². The van der Waals surface area contributed by atoms with E-state index in [9.17, 15) is 4.79 Å². The van der Waals surface area contributed by atoms with E-state index in [1.54, 1.807) is 0 Å². The normalized spacial score (nSPS) is 29.7. The first-order chi connectivity index (χ1) is 5.75. The van der Waals surface area contributed by atoms with E-state index in [0.717, 1.165) is 25.0 Å². The smallest absolute Gasteiger partial charge is 0.136 e. The number of Topliss-reactive ketones (excluding diaryl/α,β-unsaturated/α-hetero) is 1. The molecule has 2 atom stereocenters. The van der Waals surface area contributed by atoms with E-state index in [1.165, 1.54) is 0 Å². The molecule has 0 amide bonds. The Morgan fingerprint density at radius 2 is 2.42 bits per heavy atom. The molecule has 1 fully saturated rings. The number of hydrogen-bond donors (Lipinski definition) is 1. The lowest BCUT2D eigenvalue weighted by molar-refractivity contribution is -0.120. The minimum absolute atomic E-state index is 0.244. The number of carbonyl (C=O) groups excluding carboxylic acids is 1. The predicted molar refractivity (Wildman–Crippen MR) is 51.4 cm³/mol. The van der Waals surface area contributed by atoms with E-state index >= 15 is 0 Å². The molecule has 0 bridgehead atoms. The molecule has 0 spiro atoms. The van der Waals surface area contributed by atoms with Gasteiger partial charge in [0.05, 0.1) is 0 Å². The summed E-state index contributed by atoms with van der Waals surface area (Å²) in [6, 6.07) is 0. The number of carbonyl (C=O) groups is 1. The van der Waals surface area contributed by atoms with Crippen LogP contribution in [0.1, 0.15) is 26.2 Å². The number of hydrogen-bond acceptors (Lipinski definition) is 3. The summed E-state index contributed by atoms with van der Waals surface area (Å²) in [5.41, 5.74) is 0. The van der Waals surface area contributed by atoms with Gasteiger partial charge in [0.25, 0.3) is 0 Å². The summed E-state index contributed by atoms with van der Waals surface area (Å²) >= 11 is 1.84. The van der Waals surface area contributed by atoms with Crippen molar-refractivity contribution >= 4 is 17.5 Å². The molecule has 1 saturated carbocycles. The lowest BCUT2D eigenvalue weighted by Crippen LogP contribution is -2.12. The number of rotatable bonds is 4. The molecule has 3 heteroatoms. The fourth-order valence-electron chi connectivity index (χ4n) is 1.50. The van der Waals surface area contributed by atoms with Crippen molar-refractivity contribution in [3.63, 3.8) is 0 Å². The summed E-state index contributed by atoms with van der Waals surface area (Å²) < 4.78 is 0. The first-order valence-corrected chi connectivity index (χ1v) is 5.55. The Labute approximate surface area is 77.7 Å². The van der Waals surface area contributed by atoms with Crippen LogP contribution in [-0.4, -0.2) is 28.5 Å². The van der Waals surface area contributed by atoms with Crippen molar-refractivity contribution in [3.8, 4) is 0 Å². The van der Waals surface area contributed by atoms with E-state index in [1.807, 2.05) is 18.7 Å². The molecule has 2 nitrogen and oxygen atoms in total. The molecule has 1 aliphatic carbocycles.